The van der Waals surface area contributed by atoms with Crippen molar-refractivity contribution in [2.45, 2.75) is 25.6 Å². The fourth-order valence-corrected chi connectivity index (χ4v) is 2.46. The summed E-state index contributed by atoms with van der Waals surface area (Å²) in [7, 11) is 0. The molecule has 0 unspecified atom stereocenters. The molecule has 0 aliphatic carbocycles. The van der Waals surface area contributed by atoms with Gasteiger partial charge in [0.15, 0.2) is 11.2 Å². The van der Waals surface area contributed by atoms with Crippen LogP contribution in [0.5, 0.6) is 5.75 Å². The van der Waals surface area contributed by atoms with Gasteiger partial charge in [-0.15, -0.1) is 0 Å². The summed E-state index contributed by atoms with van der Waals surface area (Å²) in [4.78, 5) is 11.5. The summed E-state index contributed by atoms with van der Waals surface area (Å²) in [5, 5.41) is 1.71. The van der Waals surface area contributed by atoms with Crippen molar-refractivity contribution in [1.29, 1.82) is 0 Å². The molecular formula is C16H14O5. The Morgan fingerprint density at radius 3 is 2.71 bits per heavy atom. The number of fused-ring (bicyclic) bond motifs is 2. The van der Waals surface area contributed by atoms with Crippen LogP contribution in [0.1, 0.15) is 13.8 Å². The molecule has 0 amide bonds. The molecule has 1 aromatic carbocycles. The predicted molar refractivity (Wildman–Crippen MR) is 76.7 cm³/mol. The highest BCUT2D eigenvalue weighted by Gasteiger charge is 2.48. The van der Waals surface area contributed by atoms with Gasteiger partial charge in [-0.2, -0.15) is 0 Å². The van der Waals surface area contributed by atoms with E-state index in [0.717, 1.165) is 10.8 Å². The molecule has 0 bridgehead atoms. The first kappa shape index (κ1) is 12.5. The van der Waals surface area contributed by atoms with Crippen molar-refractivity contribution in [2.75, 3.05) is 6.61 Å². The third-order valence-corrected chi connectivity index (χ3v) is 3.83. The molecule has 1 atom stereocenters. The lowest BCUT2D eigenvalue weighted by Crippen LogP contribution is -2.12. The lowest BCUT2D eigenvalue weighted by Gasteiger charge is -2.08. The first-order chi connectivity index (χ1) is 10.0. The molecule has 0 saturated carbocycles. The smallest absolute Gasteiger partial charge is 0.336 e. The summed E-state index contributed by atoms with van der Waals surface area (Å²) in [6.45, 7) is 4.40. The van der Waals surface area contributed by atoms with E-state index in [0.29, 0.717) is 23.5 Å². The van der Waals surface area contributed by atoms with Crippen molar-refractivity contribution in [3.05, 3.63) is 40.9 Å². The summed E-state index contributed by atoms with van der Waals surface area (Å²) >= 11 is 0. The highest BCUT2D eigenvalue weighted by atomic mass is 16.6. The Balaban J connectivity index is 1.83. The van der Waals surface area contributed by atoms with Gasteiger partial charge in [-0.1, -0.05) is 0 Å². The second kappa shape index (κ2) is 4.11. The molecule has 1 aliphatic heterocycles. The number of rotatable bonds is 3. The maximum absolute atomic E-state index is 11.5. The van der Waals surface area contributed by atoms with Crippen LogP contribution in [0.25, 0.3) is 21.9 Å². The molecule has 108 valence electrons. The molecule has 3 heterocycles. The van der Waals surface area contributed by atoms with Gasteiger partial charge in [0.05, 0.1) is 11.9 Å². The maximum Gasteiger partial charge on any atom is 0.336 e. The van der Waals surface area contributed by atoms with Gasteiger partial charge in [-0.25, -0.2) is 4.79 Å². The number of hydrogen-bond acceptors (Lipinski definition) is 5. The molecule has 21 heavy (non-hydrogen) atoms. The molecule has 1 saturated heterocycles. The zero-order chi connectivity index (χ0) is 14.6. The van der Waals surface area contributed by atoms with Crippen LogP contribution in [0.3, 0.4) is 0 Å². The van der Waals surface area contributed by atoms with E-state index in [1.54, 1.807) is 12.3 Å². The van der Waals surface area contributed by atoms with E-state index in [2.05, 4.69) is 0 Å². The molecule has 2 aromatic heterocycles. The van der Waals surface area contributed by atoms with Crippen LogP contribution in [-0.2, 0) is 4.74 Å². The average molecular weight is 286 g/mol. The van der Waals surface area contributed by atoms with E-state index in [-0.39, 0.29) is 11.7 Å². The van der Waals surface area contributed by atoms with Gasteiger partial charge >= 0.3 is 5.63 Å². The van der Waals surface area contributed by atoms with E-state index in [1.807, 2.05) is 26.0 Å². The molecular weight excluding hydrogens is 272 g/mol. The average Bonchev–Trinajstić information content (AvgIpc) is 2.85. The number of ether oxygens (including phenoxy) is 2. The van der Waals surface area contributed by atoms with Crippen molar-refractivity contribution >= 4 is 21.9 Å². The number of furan rings is 1. The predicted octanol–water partition coefficient (Wildman–Crippen LogP) is 3.10. The largest absolute Gasteiger partial charge is 0.483 e. The highest BCUT2D eigenvalue weighted by molar-refractivity contribution is 5.99. The summed E-state index contributed by atoms with van der Waals surface area (Å²) in [5.74, 6) is 0.455. The van der Waals surface area contributed by atoms with E-state index in [1.165, 1.54) is 6.07 Å². The maximum atomic E-state index is 11.5. The van der Waals surface area contributed by atoms with Gasteiger partial charge in [0, 0.05) is 16.8 Å². The van der Waals surface area contributed by atoms with E-state index in [4.69, 9.17) is 18.3 Å². The molecule has 1 fully saturated rings. The Kier molecular flexibility index (Phi) is 2.44. The first-order valence-electron chi connectivity index (χ1n) is 6.79. The Morgan fingerprint density at radius 1 is 1.19 bits per heavy atom. The minimum Gasteiger partial charge on any atom is -0.483 e. The van der Waals surface area contributed by atoms with Gasteiger partial charge in [0.25, 0.3) is 0 Å². The molecule has 0 spiro atoms. The van der Waals surface area contributed by atoms with Gasteiger partial charge in [-0.05, 0) is 32.0 Å². The Hall–Kier alpha value is -2.27. The zero-order valence-electron chi connectivity index (χ0n) is 11.7. The molecule has 4 rings (SSSR count). The molecule has 5 nitrogen and oxygen atoms in total. The standard InChI is InChI=1S/C16H14O5/c1-16(2)11(21-16)8-19-15-13-10(5-6-18-13)7-9-3-4-12(17)20-14(9)15/h3-7,11H,8H2,1-2H3/t11-/m1/s1. The van der Waals surface area contributed by atoms with Crippen LogP contribution < -0.4 is 10.4 Å². The van der Waals surface area contributed by atoms with Gasteiger partial charge in [0.2, 0.25) is 5.75 Å². The molecule has 5 heteroatoms. The third-order valence-electron chi connectivity index (χ3n) is 3.83. The molecule has 0 radical (unpaired) electrons. The summed E-state index contributed by atoms with van der Waals surface area (Å²) in [6.07, 6.45) is 1.62. The number of benzene rings is 1. The van der Waals surface area contributed by atoms with Crippen LogP contribution in [0.4, 0.5) is 0 Å². The quantitative estimate of drug-likeness (QED) is 0.547. The lowest BCUT2D eigenvalue weighted by molar-refractivity contribution is 0.254. The minimum atomic E-state index is -0.416. The Labute approximate surface area is 120 Å². The van der Waals surface area contributed by atoms with Gasteiger partial charge in [0.1, 0.15) is 12.7 Å². The van der Waals surface area contributed by atoms with E-state index >= 15 is 0 Å². The third kappa shape index (κ3) is 2.01. The Bertz CT molecular complexity index is 886. The van der Waals surface area contributed by atoms with Crippen molar-refractivity contribution in [2.24, 2.45) is 0 Å². The first-order valence-corrected chi connectivity index (χ1v) is 6.79. The van der Waals surface area contributed by atoms with Crippen molar-refractivity contribution < 1.29 is 18.3 Å². The van der Waals surface area contributed by atoms with Gasteiger partial charge < -0.3 is 18.3 Å². The summed E-state index contributed by atoms with van der Waals surface area (Å²) in [6, 6.07) is 6.87. The normalized spacial score (nSPS) is 20.0. The summed E-state index contributed by atoms with van der Waals surface area (Å²) in [5.41, 5.74) is 0.410. The number of hydrogen-bond donors (Lipinski definition) is 0. The highest BCUT2D eigenvalue weighted by Crippen LogP contribution is 2.38. The number of epoxide rings is 1. The SMILES string of the molecule is CC1(C)O[C@@H]1COc1c2occc2cc2ccc(=O)oc12. The van der Waals surface area contributed by atoms with Crippen LogP contribution in [0.2, 0.25) is 0 Å². The fourth-order valence-electron chi connectivity index (χ4n) is 2.46. The fraction of sp³-hybridized carbons (Fsp3) is 0.312. The molecule has 3 aromatic rings. The second-order valence-corrected chi connectivity index (χ2v) is 5.74. The second-order valence-electron chi connectivity index (χ2n) is 5.74. The Morgan fingerprint density at radius 2 is 1.95 bits per heavy atom. The summed E-state index contributed by atoms with van der Waals surface area (Å²) < 4.78 is 22.1. The minimum absolute atomic E-state index is 0.0354. The topological polar surface area (TPSA) is 65.1 Å². The zero-order valence-corrected chi connectivity index (χ0v) is 11.7. The van der Waals surface area contributed by atoms with Crippen molar-refractivity contribution in [3.63, 3.8) is 0 Å². The van der Waals surface area contributed by atoms with Crippen LogP contribution in [-0.4, -0.2) is 18.3 Å². The van der Waals surface area contributed by atoms with E-state index in [9.17, 15) is 4.79 Å². The van der Waals surface area contributed by atoms with Gasteiger partial charge in [-0.3, -0.25) is 0 Å². The van der Waals surface area contributed by atoms with Crippen molar-refractivity contribution in [1.82, 2.24) is 0 Å². The van der Waals surface area contributed by atoms with Crippen molar-refractivity contribution in [3.8, 4) is 5.75 Å². The van der Waals surface area contributed by atoms with Crippen LogP contribution in [0.15, 0.2) is 44.2 Å². The molecule has 1 aliphatic rings. The monoisotopic (exact) mass is 286 g/mol. The van der Waals surface area contributed by atoms with E-state index < -0.39 is 5.63 Å². The lowest BCUT2D eigenvalue weighted by atomic mass is 10.1. The van der Waals surface area contributed by atoms with Crippen LogP contribution >= 0.6 is 0 Å². The molecule has 0 N–H and O–H groups in total. The van der Waals surface area contributed by atoms with Crippen LogP contribution in [0, 0.1) is 0 Å².